The summed E-state index contributed by atoms with van der Waals surface area (Å²) in [5.74, 6) is 0.654. The number of allylic oxidation sites excluding steroid dienone is 1. The number of hydrogen-bond donors (Lipinski definition) is 2. The average molecular weight is 363 g/mol. The van der Waals surface area contributed by atoms with Gasteiger partial charge in [0.25, 0.3) is 0 Å². The molecule has 1 aromatic carbocycles. The summed E-state index contributed by atoms with van der Waals surface area (Å²) in [6.45, 7) is 4.76. The van der Waals surface area contributed by atoms with Crippen molar-refractivity contribution in [2.24, 2.45) is 11.8 Å². The van der Waals surface area contributed by atoms with Crippen molar-refractivity contribution in [3.05, 3.63) is 65.2 Å². The summed E-state index contributed by atoms with van der Waals surface area (Å²) in [6, 6.07) is 10.3. The van der Waals surface area contributed by atoms with E-state index < -0.39 is 5.41 Å². The summed E-state index contributed by atoms with van der Waals surface area (Å²) in [7, 11) is 0. The van der Waals surface area contributed by atoms with Crippen molar-refractivity contribution in [2.45, 2.75) is 38.5 Å². The van der Waals surface area contributed by atoms with Crippen LogP contribution in [0, 0.1) is 11.8 Å². The molecular weight excluding hydrogens is 338 g/mol. The third-order valence-electron chi connectivity index (χ3n) is 6.23. The monoisotopic (exact) mass is 363 g/mol. The van der Waals surface area contributed by atoms with Crippen LogP contribution in [0.3, 0.4) is 0 Å². The van der Waals surface area contributed by atoms with Crippen LogP contribution in [-0.4, -0.2) is 27.4 Å². The van der Waals surface area contributed by atoms with Crippen LogP contribution >= 0.6 is 0 Å². The fraction of sp³-hybridized carbons (Fsp3) is 0.409. The Bertz CT molecular complexity index is 894. The number of benzene rings is 1. The van der Waals surface area contributed by atoms with Gasteiger partial charge in [0.2, 0.25) is 5.95 Å². The Kier molecular flexibility index (Phi) is 4.46. The van der Waals surface area contributed by atoms with E-state index in [1.165, 1.54) is 0 Å². The van der Waals surface area contributed by atoms with Gasteiger partial charge in [-0.3, -0.25) is 4.79 Å². The van der Waals surface area contributed by atoms with Gasteiger partial charge in [0, 0.05) is 29.6 Å². The predicted molar refractivity (Wildman–Crippen MR) is 105 cm³/mol. The van der Waals surface area contributed by atoms with Crippen molar-refractivity contribution in [3.63, 3.8) is 0 Å². The molecule has 0 spiro atoms. The Labute approximate surface area is 159 Å². The van der Waals surface area contributed by atoms with E-state index in [-0.39, 0.29) is 17.6 Å². The maximum atomic E-state index is 12.8. The Morgan fingerprint density at radius 1 is 1.33 bits per heavy atom. The number of aryl methyl sites for hydroxylation is 1. The first-order chi connectivity index (χ1) is 13.1. The summed E-state index contributed by atoms with van der Waals surface area (Å²) in [4.78, 5) is 22.2. The van der Waals surface area contributed by atoms with E-state index in [0.717, 1.165) is 42.5 Å². The Balaban J connectivity index is 1.99. The minimum Gasteiger partial charge on any atom is -0.515 e. The lowest BCUT2D eigenvalue weighted by Gasteiger charge is -2.50. The molecule has 1 saturated carbocycles. The van der Waals surface area contributed by atoms with E-state index >= 15 is 0 Å². The standard InChI is InChI=1S/C22H25N3O2/c1-3-23-21-24-12-15-9-10-18-14(2)19(27)16(13-26)11-22(18,20(15)25-21)17-7-5-4-6-8-17/h4-8,12-14,18,26H,3,9-11H2,1-2H3,(H,23,24,25)/t14-,18-,22+/m0/s1. The SMILES string of the molecule is CCNc1ncc2c(n1)[C@@]1(c3ccccc3)CC(=CO)C(=O)[C@@H](C)[C@@H]1CC2. The molecule has 2 N–H and O–H groups in total. The maximum absolute atomic E-state index is 12.8. The molecular formula is C22H25N3O2. The average Bonchev–Trinajstić information content (AvgIpc) is 2.71. The molecule has 0 unspecified atom stereocenters. The van der Waals surface area contributed by atoms with Crippen LogP contribution in [0.25, 0.3) is 0 Å². The number of anilines is 1. The molecule has 0 aliphatic heterocycles. The lowest BCUT2D eigenvalue weighted by atomic mass is 9.52. The molecule has 0 amide bonds. The topological polar surface area (TPSA) is 75.1 Å². The number of aromatic nitrogens is 2. The summed E-state index contributed by atoms with van der Waals surface area (Å²) in [5, 5.41) is 13.0. The molecule has 4 rings (SSSR count). The molecule has 3 atom stereocenters. The van der Waals surface area contributed by atoms with E-state index in [2.05, 4.69) is 22.4 Å². The van der Waals surface area contributed by atoms with Gasteiger partial charge in [-0.15, -0.1) is 0 Å². The third kappa shape index (κ3) is 2.64. The van der Waals surface area contributed by atoms with Crippen molar-refractivity contribution in [3.8, 4) is 0 Å². The number of hydrogen-bond acceptors (Lipinski definition) is 5. The van der Waals surface area contributed by atoms with Crippen molar-refractivity contribution in [1.82, 2.24) is 9.97 Å². The molecule has 1 aromatic heterocycles. The second-order valence-corrected chi connectivity index (χ2v) is 7.56. The van der Waals surface area contributed by atoms with Crippen molar-refractivity contribution in [1.29, 1.82) is 0 Å². The van der Waals surface area contributed by atoms with Crippen LogP contribution in [0.5, 0.6) is 0 Å². The lowest BCUT2D eigenvalue weighted by molar-refractivity contribution is -0.123. The van der Waals surface area contributed by atoms with Crippen LogP contribution in [0.1, 0.15) is 43.5 Å². The summed E-state index contributed by atoms with van der Waals surface area (Å²) >= 11 is 0. The summed E-state index contributed by atoms with van der Waals surface area (Å²) < 4.78 is 0. The molecule has 1 heterocycles. The Hall–Kier alpha value is -2.69. The summed E-state index contributed by atoms with van der Waals surface area (Å²) in [6.07, 6.45) is 5.18. The molecule has 2 aliphatic carbocycles. The van der Waals surface area contributed by atoms with Gasteiger partial charge in [0.1, 0.15) is 0 Å². The highest BCUT2D eigenvalue weighted by atomic mass is 16.2. The van der Waals surface area contributed by atoms with Gasteiger partial charge < -0.3 is 10.4 Å². The van der Waals surface area contributed by atoms with Gasteiger partial charge in [-0.1, -0.05) is 37.3 Å². The van der Waals surface area contributed by atoms with Crippen LogP contribution in [0.15, 0.2) is 48.4 Å². The van der Waals surface area contributed by atoms with Crippen LogP contribution < -0.4 is 5.32 Å². The van der Waals surface area contributed by atoms with Crippen LogP contribution in [-0.2, 0) is 16.6 Å². The largest absolute Gasteiger partial charge is 0.515 e. The van der Waals surface area contributed by atoms with Crippen LogP contribution in [0.2, 0.25) is 0 Å². The zero-order valence-corrected chi connectivity index (χ0v) is 15.8. The van der Waals surface area contributed by atoms with Gasteiger partial charge in [0.05, 0.1) is 12.0 Å². The number of fused-ring (bicyclic) bond motifs is 3. The number of aliphatic hydroxyl groups is 1. The molecule has 2 aliphatic rings. The fourth-order valence-corrected chi connectivity index (χ4v) is 5.00. The van der Waals surface area contributed by atoms with Gasteiger partial charge in [0.15, 0.2) is 5.78 Å². The number of carbonyl (C=O) groups excluding carboxylic acids is 1. The third-order valence-corrected chi connectivity index (χ3v) is 6.23. The van der Waals surface area contributed by atoms with Gasteiger partial charge in [-0.25, -0.2) is 9.97 Å². The number of ketones is 1. The van der Waals surface area contributed by atoms with E-state index in [4.69, 9.17) is 4.98 Å². The molecule has 0 bridgehead atoms. The van der Waals surface area contributed by atoms with E-state index in [9.17, 15) is 9.90 Å². The molecule has 1 fully saturated rings. The van der Waals surface area contributed by atoms with Gasteiger partial charge in [-0.2, -0.15) is 0 Å². The molecule has 27 heavy (non-hydrogen) atoms. The molecule has 0 saturated heterocycles. The molecule has 0 radical (unpaired) electrons. The first kappa shape index (κ1) is 17.7. The van der Waals surface area contributed by atoms with Crippen molar-refractivity contribution in [2.75, 3.05) is 11.9 Å². The number of Topliss-reactive ketones (excluding diaryl/α,β-unsaturated/α-hetero) is 1. The first-order valence-corrected chi connectivity index (χ1v) is 9.65. The number of carbonyl (C=O) groups is 1. The zero-order chi connectivity index (χ0) is 19.0. The minimum absolute atomic E-state index is 0.0541. The quantitative estimate of drug-likeness (QED) is 0.641. The highest BCUT2D eigenvalue weighted by molar-refractivity contribution is 5.98. The number of nitrogens with zero attached hydrogens (tertiary/aromatic N) is 2. The first-order valence-electron chi connectivity index (χ1n) is 9.65. The molecule has 5 heteroatoms. The van der Waals surface area contributed by atoms with Crippen molar-refractivity contribution < 1.29 is 9.90 Å². The summed E-state index contributed by atoms with van der Waals surface area (Å²) in [5.41, 5.74) is 3.34. The fourth-order valence-electron chi connectivity index (χ4n) is 5.00. The minimum atomic E-state index is -0.427. The zero-order valence-electron chi connectivity index (χ0n) is 15.8. The highest BCUT2D eigenvalue weighted by Crippen LogP contribution is 2.55. The highest BCUT2D eigenvalue weighted by Gasteiger charge is 2.54. The lowest BCUT2D eigenvalue weighted by Crippen LogP contribution is -2.51. The molecule has 2 aromatic rings. The van der Waals surface area contributed by atoms with E-state index in [1.807, 2.05) is 38.2 Å². The van der Waals surface area contributed by atoms with Crippen LogP contribution in [0.4, 0.5) is 5.95 Å². The Morgan fingerprint density at radius 2 is 2.11 bits per heavy atom. The van der Waals surface area contributed by atoms with E-state index in [0.29, 0.717) is 17.9 Å². The number of aliphatic hydroxyl groups excluding tert-OH is 1. The Morgan fingerprint density at radius 3 is 2.81 bits per heavy atom. The maximum Gasteiger partial charge on any atom is 0.222 e. The van der Waals surface area contributed by atoms with Gasteiger partial charge >= 0.3 is 0 Å². The second-order valence-electron chi connectivity index (χ2n) is 7.56. The normalized spacial score (nSPS) is 28.5. The van der Waals surface area contributed by atoms with E-state index in [1.54, 1.807) is 0 Å². The molecule has 140 valence electrons. The number of nitrogens with one attached hydrogen (secondary N) is 1. The second kappa shape index (κ2) is 6.80. The predicted octanol–water partition coefficient (Wildman–Crippen LogP) is 3.81. The number of rotatable bonds is 3. The van der Waals surface area contributed by atoms with Gasteiger partial charge in [-0.05, 0) is 43.2 Å². The smallest absolute Gasteiger partial charge is 0.222 e. The van der Waals surface area contributed by atoms with Crippen molar-refractivity contribution >= 4 is 11.7 Å². The molecule has 5 nitrogen and oxygen atoms in total.